The molecule has 0 heterocycles. The SMILES string of the molecule is CC(C)CCC(=O)NCC(=O)NC1(C(=O)O)CC1. The topological polar surface area (TPSA) is 95.5 Å². The van der Waals surface area contributed by atoms with Gasteiger partial charge in [0.25, 0.3) is 0 Å². The summed E-state index contributed by atoms with van der Waals surface area (Å²) in [5, 5.41) is 13.8. The maximum Gasteiger partial charge on any atom is 0.329 e. The minimum absolute atomic E-state index is 0.161. The van der Waals surface area contributed by atoms with Crippen LogP contribution in [-0.4, -0.2) is 35.0 Å². The Labute approximate surface area is 106 Å². The summed E-state index contributed by atoms with van der Waals surface area (Å²) in [5.41, 5.74) is -1.08. The minimum atomic E-state index is -1.08. The number of nitrogens with one attached hydrogen (secondary N) is 2. The molecule has 0 spiro atoms. The summed E-state index contributed by atoms with van der Waals surface area (Å²) < 4.78 is 0. The molecule has 6 nitrogen and oxygen atoms in total. The Morgan fingerprint density at radius 1 is 1.22 bits per heavy atom. The fourth-order valence-electron chi connectivity index (χ4n) is 1.52. The third-order valence-electron chi connectivity index (χ3n) is 2.93. The molecule has 0 aliphatic heterocycles. The van der Waals surface area contributed by atoms with Gasteiger partial charge in [0.15, 0.2) is 0 Å². The highest BCUT2D eigenvalue weighted by atomic mass is 16.4. The maximum absolute atomic E-state index is 11.5. The van der Waals surface area contributed by atoms with E-state index in [1.807, 2.05) is 13.8 Å². The first-order valence-corrected chi connectivity index (χ1v) is 6.17. The Balaban J connectivity index is 2.21. The number of carboxylic acid groups (broad SMARTS) is 1. The number of hydrogen-bond donors (Lipinski definition) is 3. The minimum Gasteiger partial charge on any atom is -0.480 e. The van der Waals surface area contributed by atoms with Gasteiger partial charge in [-0.05, 0) is 25.2 Å². The number of rotatable bonds is 7. The van der Waals surface area contributed by atoms with Crippen molar-refractivity contribution in [3.63, 3.8) is 0 Å². The van der Waals surface area contributed by atoms with E-state index in [2.05, 4.69) is 10.6 Å². The van der Waals surface area contributed by atoms with Gasteiger partial charge < -0.3 is 15.7 Å². The molecule has 0 atom stereocenters. The van der Waals surface area contributed by atoms with Crippen molar-refractivity contribution in [2.75, 3.05) is 6.54 Å². The van der Waals surface area contributed by atoms with E-state index in [4.69, 9.17) is 5.11 Å². The van der Waals surface area contributed by atoms with Crippen LogP contribution in [-0.2, 0) is 14.4 Å². The molecule has 1 rings (SSSR count). The first-order chi connectivity index (χ1) is 8.35. The molecule has 0 saturated heterocycles. The van der Waals surface area contributed by atoms with E-state index in [-0.39, 0.29) is 12.5 Å². The molecule has 0 aromatic heterocycles. The van der Waals surface area contributed by atoms with Crippen LogP contribution >= 0.6 is 0 Å². The van der Waals surface area contributed by atoms with Crippen molar-refractivity contribution in [1.29, 1.82) is 0 Å². The van der Waals surface area contributed by atoms with Gasteiger partial charge in [0.05, 0.1) is 6.54 Å². The van der Waals surface area contributed by atoms with Crippen LogP contribution in [0.15, 0.2) is 0 Å². The lowest BCUT2D eigenvalue weighted by Gasteiger charge is -2.12. The molecular formula is C12H20N2O4. The van der Waals surface area contributed by atoms with Gasteiger partial charge in [0.2, 0.25) is 11.8 Å². The van der Waals surface area contributed by atoms with E-state index in [0.29, 0.717) is 25.2 Å². The maximum atomic E-state index is 11.5. The van der Waals surface area contributed by atoms with Gasteiger partial charge in [-0.25, -0.2) is 4.79 Å². The predicted molar refractivity (Wildman–Crippen MR) is 64.8 cm³/mol. The first-order valence-electron chi connectivity index (χ1n) is 6.17. The molecule has 1 saturated carbocycles. The van der Waals surface area contributed by atoms with Crippen LogP contribution in [0.4, 0.5) is 0 Å². The summed E-state index contributed by atoms with van der Waals surface area (Å²) in [6, 6.07) is 0. The van der Waals surface area contributed by atoms with Crippen LogP contribution in [0.25, 0.3) is 0 Å². The predicted octanol–water partition coefficient (Wildman–Crippen LogP) is 0.272. The Bertz CT molecular complexity index is 348. The summed E-state index contributed by atoms with van der Waals surface area (Å²) in [6.07, 6.45) is 2.06. The normalized spacial score (nSPS) is 16.2. The second-order valence-corrected chi connectivity index (χ2v) is 5.14. The lowest BCUT2D eigenvalue weighted by Crippen LogP contribution is -2.47. The van der Waals surface area contributed by atoms with Gasteiger partial charge in [-0.2, -0.15) is 0 Å². The zero-order chi connectivity index (χ0) is 13.8. The quantitative estimate of drug-likeness (QED) is 0.609. The summed E-state index contributed by atoms with van der Waals surface area (Å²) in [7, 11) is 0. The molecule has 6 heteroatoms. The number of aliphatic carboxylic acids is 1. The number of amides is 2. The molecule has 0 aromatic carbocycles. The molecular weight excluding hydrogens is 236 g/mol. The lowest BCUT2D eigenvalue weighted by molar-refractivity contribution is -0.143. The van der Waals surface area contributed by atoms with Crippen molar-refractivity contribution in [3.05, 3.63) is 0 Å². The van der Waals surface area contributed by atoms with E-state index < -0.39 is 17.4 Å². The summed E-state index contributed by atoms with van der Waals surface area (Å²) in [4.78, 5) is 33.6. The Kier molecular flexibility index (Phi) is 4.69. The van der Waals surface area contributed by atoms with Gasteiger partial charge in [-0.1, -0.05) is 13.8 Å². The van der Waals surface area contributed by atoms with Gasteiger partial charge in [0, 0.05) is 6.42 Å². The average molecular weight is 256 g/mol. The molecule has 2 amide bonds. The molecule has 3 N–H and O–H groups in total. The average Bonchev–Trinajstić information content (AvgIpc) is 3.04. The van der Waals surface area contributed by atoms with Crippen molar-refractivity contribution in [3.8, 4) is 0 Å². The highest BCUT2D eigenvalue weighted by Gasteiger charge is 2.51. The van der Waals surface area contributed by atoms with E-state index in [1.54, 1.807) is 0 Å². The van der Waals surface area contributed by atoms with Crippen molar-refractivity contribution in [2.45, 2.75) is 45.1 Å². The van der Waals surface area contributed by atoms with Crippen molar-refractivity contribution >= 4 is 17.8 Å². The molecule has 0 bridgehead atoms. The fraction of sp³-hybridized carbons (Fsp3) is 0.750. The van der Waals surface area contributed by atoms with Crippen LogP contribution in [0.2, 0.25) is 0 Å². The van der Waals surface area contributed by atoms with Crippen molar-refractivity contribution in [1.82, 2.24) is 10.6 Å². The van der Waals surface area contributed by atoms with Gasteiger partial charge >= 0.3 is 5.97 Å². The van der Waals surface area contributed by atoms with E-state index in [0.717, 1.165) is 6.42 Å². The molecule has 102 valence electrons. The molecule has 18 heavy (non-hydrogen) atoms. The highest BCUT2D eigenvalue weighted by molar-refractivity contribution is 5.91. The largest absolute Gasteiger partial charge is 0.480 e. The molecule has 1 aliphatic rings. The second-order valence-electron chi connectivity index (χ2n) is 5.14. The number of carbonyl (C=O) groups excluding carboxylic acids is 2. The first kappa shape index (κ1) is 14.5. The standard InChI is InChI=1S/C12H20N2O4/c1-8(2)3-4-9(15)13-7-10(16)14-12(5-6-12)11(17)18/h8H,3-7H2,1-2H3,(H,13,15)(H,14,16)(H,17,18). The lowest BCUT2D eigenvalue weighted by atomic mass is 10.1. The van der Waals surface area contributed by atoms with Crippen molar-refractivity contribution < 1.29 is 19.5 Å². The van der Waals surface area contributed by atoms with Gasteiger partial charge in [-0.15, -0.1) is 0 Å². The molecule has 0 radical (unpaired) electrons. The number of carbonyl (C=O) groups is 3. The van der Waals surface area contributed by atoms with Crippen LogP contribution in [0, 0.1) is 5.92 Å². The van der Waals surface area contributed by atoms with Crippen LogP contribution in [0.3, 0.4) is 0 Å². The molecule has 1 aliphatic carbocycles. The van der Waals surface area contributed by atoms with E-state index >= 15 is 0 Å². The van der Waals surface area contributed by atoms with Gasteiger partial charge in [-0.3, -0.25) is 9.59 Å². The molecule has 0 aromatic rings. The molecule has 0 unspecified atom stereocenters. The van der Waals surface area contributed by atoms with Gasteiger partial charge in [0.1, 0.15) is 5.54 Å². The Morgan fingerprint density at radius 2 is 1.83 bits per heavy atom. The van der Waals surface area contributed by atoms with E-state index in [9.17, 15) is 14.4 Å². The molecule has 1 fully saturated rings. The third kappa shape index (κ3) is 4.35. The Hall–Kier alpha value is -1.59. The van der Waals surface area contributed by atoms with Crippen LogP contribution < -0.4 is 10.6 Å². The highest BCUT2D eigenvalue weighted by Crippen LogP contribution is 2.35. The summed E-state index contributed by atoms with van der Waals surface area (Å²) in [5.74, 6) is -1.21. The Morgan fingerprint density at radius 3 is 2.28 bits per heavy atom. The van der Waals surface area contributed by atoms with Crippen LogP contribution in [0.1, 0.15) is 39.5 Å². The summed E-state index contributed by atoms with van der Waals surface area (Å²) >= 11 is 0. The van der Waals surface area contributed by atoms with Crippen molar-refractivity contribution in [2.24, 2.45) is 5.92 Å². The number of hydrogen-bond acceptors (Lipinski definition) is 3. The zero-order valence-corrected chi connectivity index (χ0v) is 10.8. The smallest absolute Gasteiger partial charge is 0.329 e. The monoisotopic (exact) mass is 256 g/mol. The number of carboxylic acids is 1. The van der Waals surface area contributed by atoms with Crippen LogP contribution in [0.5, 0.6) is 0 Å². The fourth-order valence-corrected chi connectivity index (χ4v) is 1.52. The third-order valence-corrected chi connectivity index (χ3v) is 2.93. The second kappa shape index (κ2) is 5.84. The summed E-state index contributed by atoms with van der Waals surface area (Å²) in [6.45, 7) is 3.87. The van der Waals surface area contributed by atoms with E-state index in [1.165, 1.54) is 0 Å². The zero-order valence-electron chi connectivity index (χ0n) is 10.8.